The van der Waals surface area contributed by atoms with Gasteiger partial charge in [-0.1, -0.05) is 11.6 Å². The third-order valence-corrected chi connectivity index (χ3v) is 4.99. The number of hydrogen-bond acceptors (Lipinski definition) is 6. The summed E-state index contributed by atoms with van der Waals surface area (Å²) in [5, 5.41) is 13.3. The highest BCUT2D eigenvalue weighted by Gasteiger charge is 2.36. The Morgan fingerprint density at radius 3 is 2.93 bits per heavy atom. The molecule has 3 N–H and O–H groups in total. The summed E-state index contributed by atoms with van der Waals surface area (Å²) in [5.74, 6) is -0.716. The van der Waals surface area contributed by atoms with Crippen LogP contribution in [0.2, 0.25) is 5.02 Å². The fourth-order valence-electron chi connectivity index (χ4n) is 3.47. The number of aromatic nitrogens is 4. The molecule has 0 spiro atoms. The molecule has 0 aliphatic carbocycles. The summed E-state index contributed by atoms with van der Waals surface area (Å²) in [7, 11) is 0. The summed E-state index contributed by atoms with van der Waals surface area (Å²) in [6.45, 7) is -1.06. The number of nitrogens with one attached hydrogen (secondary N) is 2. The molecule has 0 radical (unpaired) electrons. The van der Waals surface area contributed by atoms with Crippen molar-refractivity contribution < 1.29 is 23.1 Å². The highest BCUT2D eigenvalue weighted by Crippen LogP contribution is 2.34. The molecule has 1 amide bonds. The summed E-state index contributed by atoms with van der Waals surface area (Å²) in [6, 6.07) is 0.814. The first-order valence-corrected chi connectivity index (χ1v) is 9.41. The first-order valence-electron chi connectivity index (χ1n) is 9.03. The van der Waals surface area contributed by atoms with Gasteiger partial charge in [-0.05, 0) is 18.9 Å². The monoisotopic (exact) mass is 440 g/mol. The normalized spacial score (nSPS) is 16.9. The van der Waals surface area contributed by atoms with Gasteiger partial charge in [-0.3, -0.25) is 4.79 Å². The van der Waals surface area contributed by atoms with Crippen molar-refractivity contribution in [2.45, 2.75) is 25.1 Å². The van der Waals surface area contributed by atoms with E-state index in [4.69, 9.17) is 11.6 Å². The number of pyridine rings is 1. The first-order chi connectivity index (χ1) is 14.2. The number of carbonyl (C=O) groups excluding carboxylic acids is 1. The summed E-state index contributed by atoms with van der Waals surface area (Å²) in [5.41, 5.74) is 1.15. The van der Waals surface area contributed by atoms with Crippen LogP contribution in [0.15, 0.2) is 24.7 Å². The molecule has 0 bridgehead atoms. The van der Waals surface area contributed by atoms with E-state index in [-0.39, 0.29) is 17.4 Å². The smallest absolute Gasteiger partial charge is 0.405 e. The van der Waals surface area contributed by atoms with Gasteiger partial charge in [-0.2, -0.15) is 13.2 Å². The molecule has 0 aromatic carbocycles. The number of alkyl halides is 3. The van der Waals surface area contributed by atoms with Crippen molar-refractivity contribution in [2.75, 3.05) is 18.0 Å². The largest absolute Gasteiger partial charge is 0.503 e. The zero-order valence-corrected chi connectivity index (χ0v) is 16.1. The van der Waals surface area contributed by atoms with Gasteiger partial charge in [0.25, 0.3) is 0 Å². The second kappa shape index (κ2) is 7.63. The van der Waals surface area contributed by atoms with Crippen LogP contribution >= 0.6 is 11.6 Å². The van der Waals surface area contributed by atoms with Gasteiger partial charge in [0, 0.05) is 29.9 Å². The van der Waals surface area contributed by atoms with Crippen LogP contribution in [-0.4, -0.2) is 56.3 Å². The van der Waals surface area contributed by atoms with Crippen molar-refractivity contribution in [1.29, 1.82) is 0 Å². The van der Waals surface area contributed by atoms with Gasteiger partial charge in [0.05, 0.1) is 11.2 Å². The van der Waals surface area contributed by atoms with Crippen LogP contribution in [-0.2, 0) is 4.79 Å². The fourth-order valence-corrected chi connectivity index (χ4v) is 3.63. The molecule has 12 heteroatoms. The number of aromatic hydroxyl groups is 1. The van der Waals surface area contributed by atoms with Crippen molar-refractivity contribution in [3.05, 3.63) is 29.7 Å². The SMILES string of the molecule is O=C(NCC(F)(F)F)[C@H]1CCCN1c1nc(-c2c[nH]c3ncc(Cl)cc23)ncc1O. The number of halogens is 4. The summed E-state index contributed by atoms with van der Waals surface area (Å²) in [6.07, 6.45) is 0.722. The van der Waals surface area contributed by atoms with Gasteiger partial charge in [0.15, 0.2) is 17.4 Å². The quantitative estimate of drug-likeness (QED) is 0.575. The minimum Gasteiger partial charge on any atom is -0.503 e. The Labute approximate surface area is 173 Å². The molecule has 1 fully saturated rings. The molecule has 30 heavy (non-hydrogen) atoms. The highest BCUT2D eigenvalue weighted by molar-refractivity contribution is 6.31. The Hall–Kier alpha value is -3.08. The average molecular weight is 441 g/mol. The molecule has 1 atom stereocenters. The standard InChI is InChI=1S/C18H16ClF3N6O2/c19-9-4-10-11(6-24-14(10)23-5-9)15-25-7-13(29)16(27-15)28-3-1-2-12(28)17(30)26-8-18(20,21)22/h4-7,12,29H,1-3,8H2,(H,23,24)(H,26,30)/t12-/m1/s1. The van der Waals surface area contributed by atoms with Gasteiger partial charge >= 0.3 is 6.18 Å². The Bertz CT molecular complexity index is 1100. The summed E-state index contributed by atoms with van der Waals surface area (Å²) >= 11 is 6.02. The van der Waals surface area contributed by atoms with E-state index in [1.807, 2.05) is 5.32 Å². The number of anilines is 1. The third kappa shape index (κ3) is 3.97. The Kier molecular flexibility index (Phi) is 5.14. The average Bonchev–Trinajstić information content (AvgIpc) is 3.33. The molecule has 0 unspecified atom stereocenters. The molecule has 3 aromatic rings. The van der Waals surface area contributed by atoms with E-state index >= 15 is 0 Å². The van der Waals surface area contributed by atoms with Crippen molar-refractivity contribution in [2.24, 2.45) is 0 Å². The lowest BCUT2D eigenvalue weighted by atomic mass is 10.2. The van der Waals surface area contributed by atoms with Crippen molar-refractivity contribution in [1.82, 2.24) is 25.3 Å². The highest BCUT2D eigenvalue weighted by atomic mass is 35.5. The van der Waals surface area contributed by atoms with Gasteiger partial charge in [-0.15, -0.1) is 0 Å². The molecule has 8 nitrogen and oxygen atoms in total. The van der Waals surface area contributed by atoms with E-state index < -0.39 is 24.7 Å². The van der Waals surface area contributed by atoms with Crippen LogP contribution in [0.4, 0.5) is 19.0 Å². The number of aromatic amines is 1. The van der Waals surface area contributed by atoms with E-state index in [2.05, 4.69) is 19.9 Å². The number of H-pyrrole nitrogens is 1. The lowest BCUT2D eigenvalue weighted by Gasteiger charge is -2.25. The van der Waals surface area contributed by atoms with Gasteiger partial charge in [0.2, 0.25) is 5.91 Å². The molecule has 3 aromatic heterocycles. The number of amides is 1. The van der Waals surface area contributed by atoms with Crippen LogP contribution in [0.3, 0.4) is 0 Å². The van der Waals surface area contributed by atoms with E-state index in [9.17, 15) is 23.1 Å². The second-order valence-corrected chi connectivity index (χ2v) is 7.28. The number of fused-ring (bicyclic) bond motifs is 1. The van der Waals surface area contributed by atoms with Crippen LogP contribution < -0.4 is 10.2 Å². The molecule has 1 aliphatic rings. The Morgan fingerprint density at radius 2 is 2.17 bits per heavy atom. The van der Waals surface area contributed by atoms with Crippen LogP contribution in [0, 0.1) is 0 Å². The lowest BCUT2D eigenvalue weighted by molar-refractivity contribution is -0.139. The summed E-state index contributed by atoms with van der Waals surface area (Å²) < 4.78 is 37.3. The maximum absolute atomic E-state index is 12.4. The van der Waals surface area contributed by atoms with Crippen molar-refractivity contribution in [3.8, 4) is 17.1 Å². The van der Waals surface area contributed by atoms with Gasteiger partial charge in [-0.25, -0.2) is 15.0 Å². The van der Waals surface area contributed by atoms with E-state index in [1.165, 1.54) is 17.3 Å². The maximum Gasteiger partial charge on any atom is 0.405 e. The molecule has 0 saturated carbocycles. The molecule has 158 valence electrons. The van der Waals surface area contributed by atoms with E-state index in [0.29, 0.717) is 41.0 Å². The predicted octanol–water partition coefficient (Wildman–Crippen LogP) is 3.03. The van der Waals surface area contributed by atoms with Gasteiger partial charge in [0.1, 0.15) is 18.2 Å². The number of nitrogens with zero attached hydrogens (tertiary/aromatic N) is 4. The predicted molar refractivity (Wildman–Crippen MR) is 103 cm³/mol. The second-order valence-electron chi connectivity index (χ2n) is 6.84. The number of rotatable bonds is 4. The molecule has 4 rings (SSSR count). The minimum absolute atomic E-state index is 0.0778. The number of carbonyl (C=O) groups is 1. The first kappa shape index (κ1) is 20.2. The van der Waals surface area contributed by atoms with Crippen LogP contribution in [0.5, 0.6) is 5.75 Å². The minimum atomic E-state index is -4.51. The zero-order valence-electron chi connectivity index (χ0n) is 15.4. The van der Waals surface area contributed by atoms with Crippen molar-refractivity contribution >= 4 is 34.4 Å². The Morgan fingerprint density at radius 1 is 1.37 bits per heavy atom. The molecular formula is C18H16ClF3N6O2. The third-order valence-electron chi connectivity index (χ3n) is 4.78. The van der Waals surface area contributed by atoms with Crippen LogP contribution in [0.25, 0.3) is 22.4 Å². The zero-order chi connectivity index (χ0) is 21.5. The molecular weight excluding hydrogens is 425 g/mol. The number of hydrogen-bond donors (Lipinski definition) is 3. The molecule has 1 saturated heterocycles. The topological polar surface area (TPSA) is 107 Å². The fraction of sp³-hybridized carbons (Fsp3) is 0.333. The lowest BCUT2D eigenvalue weighted by Crippen LogP contribution is -2.46. The van der Waals surface area contributed by atoms with E-state index in [0.717, 1.165) is 0 Å². The maximum atomic E-state index is 12.4. The van der Waals surface area contributed by atoms with Crippen molar-refractivity contribution in [3.63, 3.8) is 0 Å². The van der Waals surface area contributed by atoms with Crippen LogP contribution in [0.1, 0.15) is 12.8 Å². The van der Waals surface area contributed by atoms with E-state index in [1.54, 1.807) is 12.3 Å². The molecule has 1 aliphatic heterocycles. The summed E-state index contributed by atoms with van der Waals surface area (Å²) in [4.78, 5) is 29.5. The Balaban J connectivity index is 1.66. The molecule has 4 heterocycles. The van der Waals surface area contributed by atoms with Gasteiger partial charge < -0.3 is 20.3 Å².